The Labute approximate surface area is 141 Å². The highest BCUT2D eigenvalue weighted by Crippen LogP contribution is 2.34. The van der Waals surface area contributed by atoms with Crippen LogP contribution in [0.2, 0.25) is 0 Å². The van der Waals surface area contributed by atoms with E-state index in [0.717, 1.165) is 0 Å². The quantitative estimate of drug-likeness (QED) is 0.842. The van der Waals surface area contributed by atoms with Crippen molar-refractivity contribution in [3.8, 4) is 12.3 Å². The van der Waals surface area contributed by atoms with Crippen molar-refractivity contribution in [1.82, 2.24) is 10.3 Å². The summed E-state index contributed by atoms with van der Waals surface area (Å²) >= 11 is 1.36. The second-order valence-electron chi connectivity index (χ2n) is 5.03. The fourth-order valence-corrected chi connectivity index (χ4v) is 3.14. The third-order valence-electron chi connectivity index (χ3n) is 3.59. The Morgan fingerprint density at radius 3 is 2.92 bits per heavy atom. The number of thiazole rings is 1. The Bertz CT molecular complexity index is 910. The summed E-state index contributed by atoms with van der Waals surface area (Å²) in [4.78, 5) is 20.3. The first-order chi connectivity index (χ1) is 11.5. The largest absolute Gasteiger partial charge is 0.478 e. The summed E-state index contributed by atoms with van der Waals surface area (Å²) in [5.74, 6) is 1.01. The summed E-state index contributed by atoms with van der Waals surface area (Å²) in [6.07, 6.45) is 7.04. The average molecular weight is 341 g/mol. The molecule has 1 aromatic heterocycles. The number of hydrogen-bond donors (Lipinski definition) is 2. The topological polar surface area (TPSA) is 74.6 Å². The van der Waals surface area contributed by atoms with Gasteiger partial charge in [0.25, 0.3) is 0 Å². The number of allylic oxidation sites excluding steroid dienone is 1. The number of carboxylic acids is 1. The number of aliphatic imine (C=N–C) groups is 1. The zero-order valence-corrected chi connectivity index (χ0v) is 13.4. The summed E-state index contributed by atoms with van der Waals surface area (Å²) in [7, 11) is 0. The third-order valence-corrected chi connectivity index (χ3v) is 4.37. The minimum Gasteiger partial charge on any atom is -0.478 e. The molecule has 0 spiro atoms. The van der Waals surface area contributed by atoms with E-state index in [1.807, 2.05) is 0 Å². The summed E-state index contributed by atoms with van der Waals surface area (Å²) in [6, 6.07) is 3.40. The molecule has 0 fully saturated rings. The van der Waals surface area contributed by atoms with E-state index in [-0.39, 0.29) is 11.1 Å². The molecule has 120 valence electrons. The molecule has 7 heteroatoms. The molecule has 1 atom stereocenters. The van der Waals surface area contributed by atoms with E-state index in [0.29, 0.717) is 22.1 Å². The number of aromatic nitrogens is 1. The molecule has 2 N–H and O–H groups in total. The molecule has 1 aliphatic heterocycles. The predicted octanol–water partition coefficient (Wildman–Crippen LogP) is 2.71. The van der Waals surface area contributed by atoms with Crippen LogP contribution >= 0.6 is 11.3 Å². The van der Waals surface area contributed by atoms with Gasteiger partial charge in [-0.3, -0.25) is 4.99 Å². The summed E-state index contributed by atoms with van der Waals surface area (Å²) in [6.45, 7) is 1.63. The van der Waals surface area contributed by atoms with Gasteiger partial charge in [0.2, 0.25) is 0 Å². The van der Waals surface area contributed by atoms with Crippen LogP contribution in [-0.4, -0.2) is 21.9 Å². The standard InChI is InChI=1S/C17H12FN3O2S/c1-3-10-11(5-4-6-12(10)18)14-13(17(22)23)9(2)20-15(21-14)16-19-7-8-24-16/h1,4-8,14H,2H3,(H,20,21)(H,22,23)/t14-/m0/s1. The molecule has 3 rings (SSSR count). The van der Waals surface area contributed by atoms with Gasteiger partial charge in [-0.15, -0.1) is 17.8 Å². The number of carboxylic acid groups (broad SMARTS) is 1. The molecule has 0 amide bonds. The van der Waals surface area contributed by atoms with Crippen molar-refractivity contribution in [1.29, 1.82) is 0 Å². The Balaban J connectivity index is 2.20. The molecule has 2 aromatic rings. The molecule has 2 heterocycles. The lowest BCUT2D eigenvalue weighted by Gasteiger charge is -2.25. The van der Waals surface area contributed by atoms with Gasteiger partial charge in [-0.2, -0.15) is 0 Å². The van der Waals surface area contributed by atoms with Crippen LogP contribution in [0.25, 0.3) is 0 Å². The van der Waals surface area contributed by atoms with Gasteiger partial charge < -0.3 is 10.4 Å². The van der Waals surface area contributed by atoms with Crippen LogP contribution in [0.4, 0.5) is 4.39 Å². The van der Waals surface area contributed by atoms with Crippen LogP contribution < -0.4 is 5.32 Å². The van der Waals surface area contributed by atoms with Crippen molar-refractivity contribution in [2.75, 3.05) is 0 Å². The van der Waals surface area contributed by atoms with Crippen LogP contribution in [-0.2, 0) is 4.79 Å². The predicted molar refractivity (Wildman–Crippen MR) is 89.2 cm³/mol. The van der Waals surface area contributed by atoms with Crippen molar-refractivity contribution in [2.24, 2.45) is 4.99 Å². The summed E-state index contributed by atoms with van der Waals surface area (Å²) in [5.41, 5.74) is 0.792. The van der Waals surface area contributed by atoms with E-state index in [4.69, 9.17) is 6.42 Å². The SMILES string of the molecule is C#Cc1c(F)cccc1[C@@H]1N=C(c2nccs2)NC(C)=C1C(=O)O. The van der Waals surface area contributed by atoms with Gasteiger partial charge in [0, 0.05) is 17.3 Å². The molecule has 1 aromatic carbocycles. The van der Waals surface area contributed by atoms with E-state index >= 15 is 0 Å². The highest BCUT2D eigenvalue weighted by Gasteiger charge is 2.31. The number of aliphatic carboxylic acids is 1. The molecule has 5 nitrogen and oxygen atoms in total. The van der Waals surface area contributed by atoms with Crippen LogP contribution in [0.3, 0.4) is 0 Å². The number of amidine groups is 1. The van der Waals surface area contributed by atoms with Gasteiger partial charge in [-0.1, -0.05) is 18.1 Å². The third kappa shape index (κ3) is 2.68. The lowest BCUT2D eigenvalue weighted by atomic mass is 9.92. The van der Waals surface area contributed by atoms with Gasteiger partial charge in [0.15, 0.2) is 10.8 Å². The maximum absolute atomic E-state index is 14.0. The molecule has 0 radical (unpaired) electrons. The number of benzene rings is 1. The second-order valence-corrected chi connectivity index (χ2v) is 5.93. The Kier molecular flexibility index (Phi) is 4.15. The molecule has 24 heavy (non-hydrogen) atoms. The first-order valence-electron chi connectivity index (χ1n) is 6.96. The fourth-order valence-electron chi connectivity index (χ4n) is 2.55. The molecular formula is C17H12FN3O2S. The monoisotopic (exact) mass is 341 g/mol. The van der Waals surface area contributed by atoms with E-state index in [2.05, 4.69) is 21.2 Å². The second kappa shape index (κ2) is 6.26. The van der Waals surface area contributed by atoms with Gasteiger partial charge in [-0.05, 0) is 18.6 Å². The number of hydrogen-bond acceptors (Lipinski definition) is 5. The number of carbonyl (C=O) groups is 1. The maximum Gasteiger partial charge on any atom is 0.335 e. The van der Waals surface area contributed by atoms with Crippen molar-refractivity contribution in [3.63, 3.8) is 0 Å². The van der Waals surface area contributed by atoms with Crippen molar-refractivity contribution < 1.29 is 14.3 Å². The van der Waals surface area contributed by atoms with Gasteiger partial charge in [0.05, 0.1) is 11.1 Å². The highest BCUT2D eigenvalue weighted by atomic mass is 32.1. The molecule has 0 unspecified atom stereocenters. The first-order valence-corrected chi connectivity index (χ1v) is 7.84. The van der Waals surface area contributed by atoms with E-state index in [1.165, 1.54) is 23.5 Å². The Morgan fingerprint density at radius 1 is 1.50 bits per heavy atom. The molecular weight excluding hydrogens is 329 g/mol. The lowest BCUT2D eigenvalue weighted by Crippen LogP contribution is -2.32. The fraction of sp³-hybridized carbons (Fsp3) is 0.118. The molecule has 0 saturated heterocycles. The zero-order valence-electron chi connectivity index (χ0n) is 12.6. The van der Waals surface area contributed by atoms with Crippen LogP contribution in [0.5, 0.6) is 0 Å². The van der Waals surface area contributed by atoms with Crippen LogP contribution in [0.15, 0.2) is 46.0 Å². The molecule has 0 bridgehead atoms. The lowest BCUT2D eigenvalue weighted by molar-refractivity contribution is -0.133. The number of rotatable bonds is 3. The summed E-state index contributed by atoms with van der Waals surface area (Å²) < 4.78 is 14.0. The molecule has 0 saturated carbocycles. The summed E-state index contributed by atoms with van der Waals surface area (Å²) in [5, 5.41) is 14.9. The number of nitrogens with zero attached hydrogens (tertiary/aromatic N) is 2. The Morgan fingerprint density at radius 2 is 2.29 bits per heavy atom. The van der Waals surface area contributed by atoms with E-state index in [9.17, 15) is 14.3 Å². The first kappa shape index (κ1) is 15.9. The smallest absolute Gasteiger partial charge is 0.335 e. The van der Waals surface area contributed by atoms with E-state index in [1.54, 1.807) is 24.6 Å². The normalized spacial score (nSPS) is 17.0. The van der Waals surface area contributed by atoms with Crippen LogP contribution in [0, 0.1) is 18.2 Å². The average Bonchev–Trinajstić information content (AvgIpc) is 3.07. The number of terminal acetylenes is 1. The highest BCUT2D eigenvalue weighted by molar-refractivity contribution is 7.11. The minimum atomic E-state index is -1.14. The maximum atomic E-state index is 14.0. The van der Waals surface area contributed by atoms with Gasteiger partial charge in [0.1, 0.15) is 11.9 Å². The van der Waals surface area contributed by atoms with Crippen molar-refractivity contribution in [3.05, 3.63) is 63.0 Å². The molecule has 1 aliphatic rings. The minimum absolute atomic E-state index is 0.0122. The van der Waals surface area contributed by atoms with E-state index < -0.39 is 17.8 Å². The zero-order chi connectivity index (χ0) is 17.3. The van der Waals surface area contributed by atoms with Gasteiger partial charge >= 0.3 is 5.97 Å². The molecule has 0 aliphatic carbocycles. The van der Waals surface area contributed by atoms with Gasteiger partial charge in [-0.25, -0.2) is 14.2 Å². The van der Waals surface area contributed by atoms with Crippen molar-refractivity contribution >= 4 is 23.1 Å². The number of nitrogens with one attached hydrogen (secondary N) is 1. The van der Waals surface area contributed by atoms with Crippen LogP contribution in [0.1, 0.15) is 29.1 Å². The Hall–Kier alpha value is -2.98. The van der Waals surface area contributed by atoms with Crippen molar-refractivity contribution in [2.45, 2.75) is 13.0 Å². The number of halogens is 1.